The molecular weight excluding hydrogens is 234 g/mol. The standard InChI is InChI=1S/C12H15N3O3/c16-11-3-6-14(8-9-4-7-18-13-9)12(17)10-2-1-5-15(10)11/h4,7,10H,1-3,5-6,8H2. The van der Waals surface area contributed by atoms with Crippen molar-refractivity contribution in [2.75, 3.05) is 13.1 Å². The van der Waals surface area contributed by atoms with E-state index >= 15 is 0 Å². The van der Waals surface area contributed by atoms with Crippen LogP contribution in [0.3, 0.4) is 0 Å². The quantitative estimate of drug-likeness (QED) is 0.760. The van der Waals surface area contributed by atoms with E-state index in [9.17, 15) is 9.59 Å². The van der Waals surface area contributed by atoms with Gasteiger partial charge in [0, 0.05) is 25.6 Å². The van der Waals surface area contributed by atoms with Crippen molar-refractivity contribution >= 4 is 11.8 Å². The summed E-state index contributed by atoms with van der Waals surface area (Å²) in [5.74, 6) is 0.134. The highest BCUT2D eigenvalue weighted by molar-refractivity contribution is 5.90. The van der Waals surface area contributed by atoms with Gasteiger partial charge in [0.1, 0.15) is 18.0 Å². The Balaban J connectivity index is 1.79. The summed E-state index contributed by atoms with van der Waals surface area (Å²) in [6.07, 6.45) is 3.59. The highest BCUT2D eigenvalue weighted by Gasteiger charge is 2.39. The van der Waals surface area contributed by atoms with Crippen LogP contribution in [0.2, 0.25) is 0 Å². The molecule has 0 bridgehead atoms. The van der Waals surface area contributed by atoms with E-state index in [1.54, 1.807) is 15.9 Å². The molecule has 1 aromatic rings. The van der Waals surface area contributed by atoms with Gasteiger partial charge in [-0.15, -0.1) is 0 Å². The summed E-state index contributed by atoms with van der Waals surface area (Å²) < 4.78 is 4.76. The molecule has 1 atom stereocenters. The average molecular weight is 249 g/mol. The molecule has 2 aliphatic rings. The molecule has 3 heterocycles. The SMILES string of the molecule is O=C1C2CCCN2C(=O)CCN1Cc1ccon1. The third kappa shape index (κ3) is 1.87. The first-order valence-electron chi connectivity index (χ1n) is 6.23. The molecule has 6 nitrogen and oxygen atoms in total. The van der Waals surface area contributed by atoms with E-state index in [0.717, 1.165) is 18.5 Å². The smallest absolute Gasteiger partial charge is 0.245 e. The second-order valence-electron chi connectivity index (χ2n) is 4.75. The van der Waals surface area contributed by atoms with Gasteiger partial charge >= 0.3 is 0 Å². The highest BCUT2D eigenvalue weighted by atomic mass is 16.5. The number of rotatable bonds is 2. The molecule has 0 saturated carbocycles. The second kappa shape index (κ2) is 4.44. The van der Waals surface area contributed by atoms with Crippen molar-refractivity contribution in [1.29, 1.82) is 0 Å². The van der Waals surface area contributed by atoms with Crippen LogP contribution < -0.4 is 0 Å². The summed E-state index contributed by atoms with van der Waals surface area (Å²) in [5, 5.41) is 3.81. The van der Waals surface area contributed by atoms with Crippen molar-refractivity contribution in [1.82, 2.24) is 15.0 Å². The van der Waals surface area contributed by atoms with Gasteiger partial charge in [-0.2, -0.15) is 0 Å². The summed E-state index contributed by atoms with van der Waals surface area (Å²) in [5.41, 5.74) is 0.724. The van der Waals surface area contributed by atoms with Crippen molar-refractivity contribution in [2.45, 2.75) is 31.8 Å². The molecule has 96 valence electrons. The van der Waals surface area contributed by atoms with Gasteiger partial charge in [0.25, 0.3) is 0 Å². The highest BCUT2D eigenvalue weighted by Crippen LogP contribution is 2.24. The zero-order chi connectivity index (χ0) is 12.5. The monoisotopic (exact) mass is 249 g/mol. The number of carbonyl (C=O) groups excluding carboxylic acids is 2. The molecule has 0 spiro atoms. The van der Waals surface area contributed by atoms with Crippen molar-refractivity contribution in [2.24, 2.45) is 0 Å². The van der Waals surface area contributed by atoms with E-state index in [1.807, 2.05) is 0 Å². The van der Waals surface area contributed by atoms with Gasteiger partial charge in [-0.05, 0) is 12.8 Å². The molecule has 18 heavy (non-hydrogen) atoms. The van der Waals surface area contributed by atoms with Crippen molar-refractivity contribution in [3.63, 3.8) is 0 Å². The molecular formula is C12H15N3O3. The van der Waals surface area contributed by atoms with E-state index in [-0.39, 0.29) is 17.9 Å². The maximum atomic E-state index is 12.4. The Morgan fingerprint density at radius 3 is 3.06 bits per heavy atom. The topological polar surface area (TPSA) is 66.7 Å². The number of aromatic nitrogens is 1. The van der Waals surface area contributed by atoms with Crippen molar-refractivity contribution in [3.8, 4) is 0 Å². The van der Waals surface area contributed by atoms with Gasteiger partial charge in [-0.1, -0.05) is 5.16 Å². The Kier molecular flexibility index (Phi) is 2.77. The minimum Gasteiger partial charge on any atom is -0.364 e. The summed E-state index contributed by atoms with van der Waals surface area (Å²) >= 11 is 0. The lowest BCUT2D eigenvalue weighted by Crippen LogP contribution is -2.43. The molecule has 3 rings (SSSR count). The van der Waals surface area contributed by atoms with Crippen LogP contribution in [-0.2, 0) is 16.1 Å². The molecule has 0 radical (unpaired) electrons. The van der Waals surface area contributed by atoms with Crippen molar-refractivity contribution in [3.05, 3.63) is 18.0 Å². The lowest BCUT2D eigenvalue weighted by molar-refractivity contribution is -0.139. The molecule has 0 aromatic carbocycles. The number of amides is 2. The fourth-order valence-corrected chi connectivity index (χ4v) is 2.69. The maximum absolute atomic E-state index is 12.4. The van der Waals surface area contributed by atoms with Gasteiger partial charge in [-0.3, -0.25) is 9.59 Å². The van der Waals surface area contributed by atoms with Gasteiger partial charge in [-0.25, -0.2) is 0 Å². The Labute approximate surface area is 105 Å². The summed E-state index contributed by atoms with van der Waals surface area (Å²) in [4.78, 5) is 27.7. The Hall–Kier alpha value is -1.85. The van der Waals surface area contributed by atoms with Gasteiger partial charge < -0.3 is 14.3 Å². The van der Waals surface area contributed by atoms with E-state index in [4.69, 9.17) is 4.52 Å². The molecule has 2 saturated heterocycles. The number of carbonyl (C=O) groups is 2. The minimum absolute atomic E-state index is 0.0429. The number of fused-ring (bicyclic) bond motifs is 1. The average Bonchev–Trinajstić information content (AvgIpc) is 3.01. The summed E-state index contributed by atoms with van der Waals surface area (Å²) in [7, 11) is 0. The third-order valence-corrected chi connectivity index (χ3v) is 3.61. The molecule has 2 amide bonds. The van der Waals surface area contributed by atoms with E-state index in [2.05, 4.69) is 5.16 Å². The molecule has 1 unspecified atom stereocenters. The zero-order valence-electron chi connectivity index (χ0n) is 10.0. The van der Waals surface area contributed by atoms with Gasteiger partial charge in [0.2, 0.25) is 11.8 Å². The fourth-order valence-electron chi connectivity index (χ4n) is 2.69. The van der Waals surface area contributed by atoms with Crippen LogP contribution in [0.25, 0.3) is 0 Å². The fraction of sp³-hybridized carbons (Fsp3) is 0.583. The molecule has 0 aliphatic carbocycles. The number of hydrogen-bond donors (Lipinski definition) is 0. The van der Waals surface area contributed by atoms with E-state index < -0.39 is 0 Å². The number of hydrogen-bond acceptors (Lipinski definition) is 4. The largest absolute Gasteiger partial charge is 0.364 e. The van der Waals surface area contributed by atoms with Crippen LogP contribution in [0, 0.1) is 0 Å². The zero-order valence-corrected chi connectivity index (χ0v) is 10.0. The van der Waals surface area contributed by atoms with Crippen LogP contribution in [0.15, 0.2) is 16.9 Å². The number of nitrogens with zero attached hydrogens (tertiary/aromatic N) is 3. The van der Waals surface area contributed by atoms with Gasteiger partial charge in [0.05, 0.1) is 6.54 Å². The van der Waals surface area contributed by atoms with Crippen LogP contribution in [0.1, 0.15) is 25.0 Å². The first-order valence-corrected chi connectivity index (χ1v) is 6.23. The van der Waals surface area contributed by atoms with Crippen LogP contribution in [0.4, 0.5) is 0 Å². The normalized spacial score (nSPS) is 24.3. The molecule has 2 aliphatic heterocycles. The predicted octanol–water partition coefficient (Wildman–Crippen LogP) is 0.398. The first kappa shape index (κ1) is 11.3. The Morgan fingerprint density at radius 2 is 2.28 bits per heavy atom. The lowest BCUT2D eigenvalue weighted by atomic mass is 10.2. The van der Waals surface area contributed by atoms with Crippen molar-refractivity contribution < 1.29 is 14.1 Å². The third-order valence-electron chi connectivity index (χ3n) is 3.61. The Morgan fingerprint density at radius 1 is 1.39 bits per heavy atom. The van der Waals surface area contributed by atoms with Crippen LogP contribution in [0.5, 0.6) is 0 Å². The summed E-state index contributed by atoms with van der Waals surface area (Å²) in [6.45, 7) is 1.61. The van der Waals surface area contributed by atoms with Crippen LogP contribution in [-0.4, -0.2) is 45.9 Å². The molecule has 1 aromatic heterocycles. The maximum Gasteiger partial charge on any atom is 0.245 e. The first-order chi connectivity index (χ1) is 8.75. The predicted molar refractivity (Wildman–Crippen MR) is 61.3 cm³/mol. The van der Waals surface area contributed by atoms with E-state index in [0.29, 0.717) is 26.1 Å². The molecule has 2 fully saturated rings. The Bertz CT molecular complexity index is 457. The minimum atomic E-state index is -0.257. The molecule has 0 N–H and O–H groups in total. The molecule has 6 heteroatoms. The lowest BCUT2D eigenvalue weighted by Gasteiger charge is -2.24. The second-order valence-corrected chi connectivity index (χ2v) is 4.75. The van der Waals surface area contributed by atoms with Crippen LogP contribution >= 0.6 is 0 Å². The summed E-state index contributed by atoms with van der Waals surface area (Å²) in [6, 6.07) is 1.48. The van der Waals surface area contributed by atoms with Gasteiger partial charge in [0.15, 0.2) is 0 Å². The van der Waals surface area contributed by atoms with E-state index in [1.165, 1.54) is 6.26 Å².